The van der Waals surface area contributed by atoms with Crippen LogP contribution < -0.4 is 5.32 Å². The van der Waals surface area contributed by atoms with Crippen LogP contribution in [0.25, 0.3) is 0 Å². The zero-order valence-corrected chi connectivity index (χ0v) is 7.56. The number of hydrogen-bond acceptors (Lipinski definition) is 3. The van der Waals surface area contributed by atoms with Crippen LogP contribution in [0.1, 0.15) is 12.8 Å². The lowest BCUT2D eigenvalue weighted by Crippen LogP contribution is -2.52. The van der Waals surface area contributed by atoms with Crippen LogP contribution in [0, 0.1) is 0 Å². The van der Waals surface area contributed by atoms with Crippen LogP contribution in [-0.4, -0.2) is 47.0 Å². The van der Waals surface area contributed by atoms with Crippen LogP contribution in [0.4, 0.5) is 4.79 Å². The second-order valence-electron chi connectivity index (χ2n) is 3.55. The van der Waals surface area contributed by atoms with Gasteiger partial charge in [-0.05, 0) is 0 Å². The number of aliphatic imine (C=N–C) groups is 1. The lowest BCUT2D eigenvalue weighted by atomic mass is 9.98. The lowest BCUT2D eigenvalue weighted by Gasteiger charge is -2.35. The molecule has 0 aliphatic carbocycles. The number of hydrogen-bond donors (Lipinski definition) is 2. The van der Waals surface area contributed by atoms with Gasteiger partial charge in [-0.1, -0.05) is 0 Å². The number of amides is 2. The Morgan fingerprint density at radius 2 is 2.21 bits per heavy atom. The van der Waals surface area contributed by atoms with Crippen LogP contribution >= 0.6 is 0 Å². The van der Waals surface area contributed by atoms with Crippen LogP contribution in [0.15, 0.2) is 4.99 Å². The van der Waals surface area contributed by atoms with E-state index in [2.05, 4.69) is 10.3 Å². The molecule has 0 aromatic heterocycles. The molecule has 2 aliphatic rings. The average molecular weight is 197 g/mol. The molecule has 76 valence electrons. The van der Waals surface area contributed by atoms with E-state index in [1.807, 2.05) is 0 Å². The van der Waals surface area contributed by atoms with Gasteiger partial charge in [0.25, 0.3) is 5.91 Å². The van der Waals surface area contributed by atoms with Crippen LogP contribution in [0.2, 0.25) is 0 Å². The smallest absolute Gasteiger partial charge is 0.407 e. The van der Waals surface area contributed by atoms with Gasteiger partial charge in [-0.2, -0.15) is 0 Å². The molecule has 2 aliphatic heterocycles. The molecule has 0 atom stereocenters. The Hall–Kier alpha value is -1.59. The number of carbonyl (C=O) groups is 2. The summed E-state index contributed by atoms with van der Waals surface area (Å²) >= 11 is 0. The minimum Gasteiger partial charge on any atom is -0.465 e. The molecular weight excluding hydrogens is 186 g/mol. The topological polar surface area (TPSA) is 82.0 Å². The largest absolute Gasteiger partial charge is 0.465 e. The van der Waals surface area contributed by atoms with E-state index in [9.17, 15) is 9.59 Å². The highest BCUT2D eigenvalue weighted by Crippen LogP contribution is 2.25. The van der Waals surface area contributed by atoms with Crippen molar-refractivity contribution in [3.05, 3.63) is 0 Å². The molecule has 0 unspecified atom stereocenters. The van der Waals surface area contributed by atoms with Gasteiger partial charge in [0.2, 0.25) is 0 Å². The summed E-state index contributed by atoms with van der Waals surface area (Å²) in [6.45, 7) is 0.847. The summed E-state index contributed by atoms with van der Waals surface area (Å²) in [5, 5.41) is 11.5. The first-order valence-electron chi connectivity index (χ1n) is 4.47. The number of rotatable bonds is 0. The summed E-state index contributed by atoms with van der Waals surface area (Å²) in [5.74, 6) is -0.186. The van der Waals surface area contributed by atoms with E-state index in [0.717, 1.165) is 0 Å². The third-order valence-electron chi connectivity index (χ3n) is 2.65. The highest BCUT2D eigenvalue weighted by molar-refractivity contribution is 6.28. The summed E-state index contributed by atoms with van der Waals surface area (Å²) in [4.78, 5) is 27.0. The Morgan fingerprint density at radius 3 is 2.64 bits per heavy atom. The molecule has 2 rings (SSSR count). The highest BCUT2D eigenvalue weighted by Gasteiger charge is 2.39. The van der Waals surface area contributed by atoms with Crippen molar-refractivity contribution in [3.63, 3.8) is 0 Å². The molecule has 6 heteroatoms. The van der Waals surface area contributed by atoms with Gasteiger partial charge in [0.15, 0.2) is 0 Å². The van der Waals surface area contributed by atoms with E-state index in [0.29, 0.717) is 25.9 Å². The molecule has 1 fully saturated rings. The maximum absolute atomic E-state index is 10.9. The normalized spacial score (nSPS) is 24.0. The summed E-state index contributed by atoms with van der Waals surface area (Å²) in [6.07, 6.45) is 1.48. The minimum absolute atomic E-state index is 0.186. The molecule has 0 bridgehead atoms. The third kappa shape index (κ3) is 1.43. The Morgan fingerprint density at radius 1 is 1.57 bits per heavy atom. The fourth-order valence-corrected chi connectivity index (χ4v) is 1.80. The molecule has 2 N–H and O–H groups in total. The minimum atomic E-state index is -0.909. The predicted octanol–water partition coefficient (Wildman–Crippen LogP) is -0.343. The molecule has 0 radical (unpaired) electrons. The first-order valence-corrected chi connectivity index (χ1v) is 4.47. The first-order chi connectivity index (χ1) is 6.61. The van der Waals surface area contributed by atoms with Gasteiger partial charge in [0.05, 0.1) is 6.21 Å². The zero-order chi connectivity index (χ0) is 10.2. The number of piperidine rings is 1. The van der Waals surface area contributed by atoms with Gasteiger partial charge in [-0.3, -0.25) is 9.79 Å². The maximum Gasteiger partial charge on any atom is 0.407 e. The van der Waals surface area contributed by atoms with Crippen LogP contribution in [0.3, 0.4) is 0 Å². The summed E-state index contributed by atoms with van der Waals surface area (Å²) < 4.78 is 0. The molecule has 14 heavy (non-hydrogen) atoms. The van der Waals surface area contributed by atoms with Gasteiger partial charge < -0.3 is 15.3 Å². The monoisotopic (exact) mass is 197 g/mol. The van der Waals surface area contributed by atoms with Crippen molar-refractivity contribution < 1.29 is 14.7 Å². The van der Waals surface area contributed by atoms with Crippen molar-refractivity contribution >= 4 is 18.2 Å². The Labute approximate surface area is 80.6 Å². The second kappa shape index (κ2) is 2.97. The SMILES string of the molecule is O=C1C=NC2(CCN(C(=O)O)CC2)N1. The number of likely N-dealkylation sites (tertiary alicyclic amines) is 1. The molecule has 2 amide bonds. The Kier molecular flexibility index (Phi) is 1.90. The van der Waals surface area contributed by atoms with Crippen molar-refractivity contribution in [2.24, 2.45) is 4.99 Å². The summed E-state index contributed by atoms with van der Waals surface area (Å²) in [7, 11) is 0. The van der Waals surface area contributed by atoms with E-state index in [4.69, 9.17) is 5.11 Å². The Balaban J connectivity index is 1.99. The molecule has 6 nitrogen and oxygen atoms in total. The zero-order valence-electron chi connectivity index (χ0n) is 7.56. The van der Waals surface area contributed by atoms with Gasteiger partial charge in [0.1, 0.15) is 5.66 Å². The lowest BCUT2D eigenvalue weighted by molar-refractivity contribution is -0.115. The average Bonchev–Trinajstić information content (AvgIpc) is 2.48. The van der Waals surface area contributed by atoms with Gasteiger partial charge >= 0.3 is 6.09 Å². The van der Waals surface area contributed by atoms with Crippen LogP contribution in [0.5, 0.6) is 0 Å². The van der Waals surface area contributed by atoms with E-state index in [-0.39, 0.29) is 5.91 Å². The first kappa shape index (κ1) is 8.98. The molecule has 1 saturated heterocycles. The fraction of sp³-hybridized carbons (Fsp3) is 0.625. The molecular formula is C8H11N3O3. The second-order valence-corrected chi connectivity index (χ2v) is 3.55. The summed E-state index contributed by atoms with van der Waals surface area (Å²) in [6, 6.07) is 0. The van der Waals surface area contributed by atoms with Gasteiger partial charge in [0, 0.05) is 25.9 Å². The number of nitrogens with one attached hydrogen (secondary N) is 1. The van der Waals surface area contributed by atoms with Gasteiger partial charge in [-0.25, -0.2) is 4.79 Å². The molecule has 0 saturated carbocycles. The van der Waals surface area contributed by atoms with Crippen molar-refractivity contribution in [3.8, 4) is 0 Å². The standard InChI is InChI=1S/C8H11N3O3/c12-6-5-9-8(10-6)1-3-11(4-2-8)7(13)14/h5H,1-4H2,(H,10,12)(H,13,14). The highest BCUT2D eigenvalue weighted by atomic mass is 16.4. The maximum atomic E-state index is 10.9. The van der Waals surface area contributed by atoms with E-state index >= 15 is 0 Å². The van der Waals surface area contributed by atoms with E-state index < -0.39 is 11.8 Å². The Bertz CT molecular complexity index is 305. The fourth-order valence-electron chi connectivity index (χ4n) is 1.80. The van der Waals surface area contributed by atoms with E-state index in [1.54, 1.807) is 0 Å². The predicted molar refractivity (Wildman–Crippen MR) is 48.2 cm³/mol. The molecule has 1 spiro atoms. The van der Waals surface area contributed by atoms with Crippen molar-refractivity contribution in [2.75, 3.05) is 13.1 Å². The number of carbonyl (C=O) groups excluding carboxylic acids is 1. The van der Waals surface area contributed by atoms with Crippen molar-refractivity contribution in [2.45, 2.75) is 18.5 Å². The van der Waals surface area contributed by atoms with Crippen LogP contribution in [-0.2, 0) is 4.79 Å². The quantitative estimate of drug-likeness (QED) is 0.557. The van der Waals surface area contributed by atoms with Crippen molar-refractivity contribution in [1.29, 1.82) is 0 Å². The molecule has 0 aromatic rings. The summed E-state index contributed by atoms with van der Waals surface area (Å²) in [5.41, 5.74) is -0.525. The van der Waals surface area contributed by atoms with Crippen molar-refractivity contribution in [1.82, 2.24) is 10.2 Å². The molecule has 2 heterocycles. The third-order valence-corrected chi connectivity index (χ3v) is 2.65. The van der Waals surface area contributed by atoms with Gasteiger partial charge in [-0.15, -0.1) is 0 Å². The molecule has 0 aromatic carbocycles. The van der Waals surface area contributed by atoms with E-state index in [1.165, 1.54) is 11.1 Å². The number of nitrogens with zero attached hydrogens (tertiary/aromatic N) is 2. The number of carboxylic acid groups (broad SMARTS) is 1.